The number of aromatic nitrogens is 3. The number of rotatable bonds is 5. The summed E-state index contributed by atoms with van der Waals surface area (Å²) in [5, 5.41) is 4.97. The highest BCUT2D eigenvalue weighted by Crippen LogP contribution is 2.27. The predicted octanol–water partition coefficient (Wildman–Crippen LogP) is 3.93. The van der Waals surface area contributed by atoms with Crippen molar-refractivity contribution in [2.75, 3.05) is 19.7 Å². The molecule has 1 aliphatic rings. The topological polar surface area (TPSA) is 90.5 Å². The summed E-state index contributed by atoms with van der Waals surface area (Å²) in [6, 6.07) is 5.23. The lowest BCUT2D eigenvalue weighted by Crippen LogP contribution is -2.44. The number of likely N-dealkylation sites (tertiary alicyclic amines) is 1. The van der Waals surface area contributed by atoms with Gasteiger partial charge in [0.15, 0.2) is 18.0 Å². The molecule has 4 rings (SSSR count). The Morgan fingerprint density at radius 3 is 2.65 bits per heavy atom. The van der Waals surface area contributed by atoms with E-state index in [0.29, 0.717) is 53.0 Å². The summed E-state index contributed by atoms with van der Waals surface area (Å²) in [7, 11) is 0. The highest BCUT2D eigenvalue weighted by molar-refractivity contribution is 6.04. The number of amides is 1. The van der Waals surface area contributed by atoms with Gasteiger partial charge in [-0.1, -0.05) is 13.8 Å². The molecule has 3 aromatic rings. The van der Waals surface area contributed by atoms with Gasteiger partial charge in [-0.15, -0.1) is 0 Å². The van der Waals surface area contributed by atoms with E-state index in [9.17, 15) is 9.59 Å². The number of fused-ring (bicyclic) bond motifs is 1. The monoisotopic (exact) mass is 424 g/mol. The van der Waals surface area contributed by atoms with Crippen LogP contribution in [0.2, 0.25) is 0 Å². The molecule has 0 radical (unpaired) electrons. The van der Waals surface area contributed by atoms with E-state index in [1.54, 1.807) is 40.2 Å². The van der Waals surface area contributed by atoms with E-state index in [2.05, 4.69) is 23.9 Å². The molecule has 1 saturated heterocycles. The molecule has 31 heavy (non-hydrogen) atoms. The fourth-order valence-electron chi connectivity index (χ4n) is 4.28. The Morgan fingerprint density at radius 2 is 2.00 bits per heavy atom. The smallest absolute Gasteiger partial charge is 0.339 e. The summed E-state index contributed by atoms with van der Waals surface area (Å²) in [5.74, 6) is 0.692. The number of carbonyl (C=O) groups is 2. The van der Waals surface area contributed by atoms with Gasteiger partial charge in [-0.2, -0.15) is 5.10 Å². The lowest BCUT2D eigenvalue weighted by molar-refractivity contribution is -0.137. The largest absolute Gasteiger partial charge is 0.463 e. The van der Waals surface area contributed by atoms with Crippen molar-refractivity contribution in [3.05, 3.63) is 36.2 Å². The first kappa shape index (κ1) is 21.1. The summed E-state index contributed by atoms with van der Waals surface area (Å²) >= 11 is 0. The van der Waals surface area contributed by atoms with Crippen molar-refractivity contribution in [1.82, 2.24) is 19.7 Å². The second-order valence-electron chi connectivity index (χ2n) is 8.77. The van der Waals surface area contributed by atoms with Crippen molar-refractivity contribution < 1.29 is 18.7 Å². The molecule has 0 aromatic carbocycles. The van der Waals surface area contributed by atoms with Crippen LogP contribution < -0.4 is 0 Å². The normalized spacial score (nSPS) is 19.2. The molecule has 3 aromatic heterocycles. The van der Waals surface area contributed by atoms with Gasteiger partial charge in [-0.05, 0) is 50.3 Å². The zero-order valence-corrected chi connectivity index (χ0v) is 18.4. The summed E-state index contributed by atoms with van der Waals surface area (Å²) in [6.07, 6.45) is 4.27. The van der Waals surface area contributed by atoms with Crippen molar-refractivity contribution in [2.24, 2.45) is 11.8 Å². The van der Waals surface area contributed by atoms with E-state index < -0.39 is 5.97 Å². The molecular weight excluding hydrogens is 396 g/mol. The summed E-state index contributed by atoms with van der Waals surface area (Å²) < 4.78 is 12.7. The maximum atomic E-state index is 13.0. The average Bonchev–Trinajstić information content (AvgIpc) is 3.40. The standard InChI is InChI=1S/C23H28N4O4/c1-14(2)27-22-18(10-24-27)17(9-19(25-22)20-6-5-7-30-20)23(29)31-13-21(28)26-11-15(3)8-16(4)12-26/h5-7,9-10,14-16H,8,11-13H2,1-4H3. The molecular formula is C23H28N4O4. The molecule has 1 fully saturated rings. The number of nitrogens with zero attached hydrogens (tertiary/aromatic N) is 4. The Morgan fingerprint density at radius 1 is 1.26 bits per heavy atom. The minimum atomic E-state index is -0.574. The third kappa shape index (κ3) is 4.33. The van der Waals surface area contributed by atoms with Crippen LogP contribution in [0.5, 0.6) is 0 Å². The van der Waals surface area contributed by atoms with Crippen LogP contribution in [0.25, 0.3) is 22.5 Å². The van der Waals surface area contributed by atoms with Gasteiger partial charge in [-0.3, -0.25) is 4.79 Å². The molecule has 0 aliphatic carbocycles. The fourth-order valence-corrected chi connectivity index (χ4v) is 4.28. The zero-order chi connectivity index (χ0) is 22.1. The maximum Gasteiger partial charge on any atom is 0.339 e. The second kappa shape index (κ2) is 8.53. The van der Waals surface area contributed by atoms with Crippen molar-refractivity contribution in [3.8, 4) is 11.5 Å². The molecule has 2 atom stereocenters. The minimum absolute atomic E-state index is 0.0605. The van der Waals surface area contributed by atoms with Gasteiger partial charge >= 0.3 is 5.97 Å². The van der Waals surface area contributed by atoms with E-state index in [-0.39, 0.29) is 18.6 Å². The van der Waals surface area contributed by atoms with E-state index in [1.165, 1.54) is 0 Å². The highest BCUT2D eigenvalue weighted by atomic mass is 16.5. The quantitative estimate of drug-likeness (QED) is 0.577. The first-order valence-corrected chi connectivity index (χ1v) is 10.7. The van der Waals surface area contributed by atoms with Crippen molar-refractivity contribution in [2.45, 2.75) is 40.2 Å². The van der Waals surface area contributed by atoms with E-state index in [4.69, 9.17) is 9.15 Å². The molecule has 1 amide bonds. The van der Waals surface area contributed by atoms with Crippen LogP contribution in [-0.4, -0.2) is 51.2 Å². The van der Waals surface area contributed by atoms with Crippen LogP contribution in [0.1, 0.15) is 50.5 Å². The third-order valence-corrected chi connectivity index (χ3v) is 5.60. The Labute approximate surface area is 181 Å². The highest BCUT2D eigenvalue weighted by Gasteiger charge is 2.27. The zero-order valence-electron chi connectivity index (χ0n) is 18.4. The van der Waals surface area contributed by atoms with Gasteiger partial charge in [0, 0.05) is 19.1 Å². The molecule has 4 heterocycles. The molecule has 1 aliphatic heterocycles. The minimum Gasteiger partial charge on any atom is -0.463 e. The van der Waals surface area contributed by atoms with Crippen molar-refractivity contribution in [3.63, 3.8) is 0 Å². The van der Waals surface area contributed by atoms with Crippen molar-refractivity contribution in [1.29, 1.82) is 0 Å². The third-order valence-electron chi connectivity index (χ3n) is 5.60. The molecule has 0 N–H and O–H groups in total. The summed E-state index contributed by atoms with van der Waals surface area (Å²) in [4.78, 5) is 32.1. The molecule has 164 valence electrons. The lowest BCUT2D eigenvalue weighted by Gasteiger charge is -2.34. The van der Waals surface area contributed by atoms with E-state index in [0.717, 1.165) is 6.42 Å². The summed E-state index contributed by atoms with van der Waals surface area (Å²) in [5.41, 5.74) is 1.40. The van der Waals surface area contributed by atoms with E-state index in [1.807, 2.05) is 13.8 Å². The number of ether oxygens (including phenoxy) is 1. The number of pyridine rings is 1. The fraction of sp³-hybridized carbons (Fsp3) is 0.478. The van der Waals surface area contributed by atoms with Crippen LogP contribution in [0.15, 0.2) is 35.1 Å². The number of esters is 1. The number of furan rings is 1. The van der Waals surface area contributed by atoms with Gasteiger partial charge in [0.1, 0.15) is 5.69 Å². The number of carbonyl (C=O) groups excluding carboxylic acids is 2. The molecule has 0 spiro atoms. The van der Waals surface area contributed by atoms with Crippen molar-refractivity contribution >= 4 is 22.9 Å². The Bertz CT molecular complexity index is 1080. The first-order valence-electron chi connectivity index (χ1n) is 10.7. The van der Waals surface area contributed by atoms with Gasteiger partial charge in [-0.25, -0.2) is 14.5 Å². The molecule has 2 unspecified atom stereocenters. The molecule has 8 heteroatoms. The van der Waals surface area contributed by atoms with Gasteiger partial charge in [0.05, 0.1) is 23.4 Å². The van der Waals surface area contributed by atoms with E-state index >= 15 is 0 Å². The number of hydrogen-bond acceptors (Lipinski definition) is 6. The van der Waals surface area contributed by atoms with Crippen LogP contribution >= 0.6 is 0 Å². The van der Waals surface area contributed by atoms with Gasteiger partial charge in [0.2, 0.25) is 0 Å². The molecule has 0 saturated carbocycles. The lowest BCUT2D eigenvalue weighted by atomic mass is 9.92. The SMILES string of the molecule is CC1CC(C)CN(C(=O)COC(=O)c2cc(-c3ccco3)nc3c2cnn3C(C)C)C1. The Balaban J connectivity index is 1.59. The number of piperidine rings is 1. The van der Waals surface area contributed by atoms with Gasteiger partial charge in [0.25, 0.3) is 5.91 Å². The predicted molar refractivity (Wildman–Crippen MR) is 115 cm³/mol. The Hall–Kier alpha value is -3.16. The van der Waals surface area contributed by atoms with Crippen LogP contribution in [-0.2, 0) is 9.53 Å². The van der Waals surface area contributed by atoms with Crippen LogP contribution in [0, 0.1) is 11.8 Å². The van der Waals surface area contributed by atoms with Crippen LogP contribution in [0.4, 0.5) is 0 Å². The summed E-state index contributed by atoms with van der Waals surface area (Å²) in [6.45, 7) is 9.37. The number of hydrogen-bond donors (Lipinski definition) is 0. The second-order valence-corrected chi connectivity index (χ2v) is 8.77. The van der Waals surface area contributed by atoms with Crippen LogP contribution in [0.3, 0.4) is 0 Å². The van der Waals surface area contributed by atoms with Gasteiger partial charge < -0.3 is 14.1 Å². The molecule has 0 bridgehead atoms. The maximum absolute atomic E-state index is 13.0. The Kier molecular flexibility index (Phi) is 5.80. The average molecular weight is 425 g/mol. The molecule has 8 nitrogen and oxygen atoms in total. The first-order chi connectivity index (χ1) is 14.8.